The maximum Gasteiger partial charge on any atom is 0.251 e. The van der Waals surface area contributed by atoms with Gasteiger partial charge in [-0.1, -0.05) is 31.2 Å². The normalized spacial score (nSPS) is 11.9. The molecule has 0 saturated heterocycles. The van der Waals surface area contributed by atoms with Crippen LogP contribution in [0.2, 0.25) is 0 Å². The molecule has 3 aromatic rings. The van der Waals surface area contributed by atoms with Crippen LogP contribution in [-0.4, -0.2) is 17.7 Å². The fraction of sp³-hybridized carbons (Fsp3) is 0.182. The molecule has 0 fully saturated rings. The van der Waals surface area contributed by atoms with Gasteiger partial charge in [0.2, 0.25) is 6.79 Å². The smallest absolute Gasteiger partial charge is 0.251 e. The Morgan fingerprint density at radius 1 is 1.07 bits per heavy atom. The number of benzene rings is 2. The number of carbonyl (C=O) groups excluding carboxylic acids is 1. The van der Waals surface area contributed by atoms with E-state index in [1.165, 1.54) is 5.56 Å². The molecule has 1 aromatic heterocycles. The van der Waals surface area contributed by atoms with Gasteiger partial charge in [0.1, 0.15) is 5.82 Å². The van der Waals surface area contributed by atoms with Gasteiger partial charge in [0.15, 0.2) is 11.5 Å². The molecule has 6 nitrogen and oxygen atoms in total. The number of hydrogen-bond donors (Lipinski definition) is 2. The highest BCUT2D eigenvalue weighted by atomic mass is 16.7. The van der Waals surface area contributed by atoms with Gasteiger partial charge < -0.3 is 20.1 Å². The molecule has 0 aliphatic carbocycles. The molecule has 142 valence electrons. The van der Waals surface area contributed by atoms with Crippen molar-refractivity contribution >= 4 is 17.4 Å². The SMILES string of the molecule is CCc1ccccc1Nc1cc(C(=O)NCc2ccc3c(c2)OCO3)ccn1. The average Bonchev–Trinajstić information content (AvgIpc) is 3.20. The van der Waals surface area contributed by atoms with Crippen molar-refractivity contribution in [2.24, 2.45) is 0 Å². The monoisotopic (exact) mass is 375 g/mol. The maximum absolute atomic E-state index is 12.6. The van der Waals surface area contributed by atoms with Gasteiger partial charge in [-0.05, 0) is 47.9 Å². The Bertz CT molecular complexity index is 1000. The second-order valence-electron chi connectivity index (χ2n) is 6.44. The van der Waals surface area contributed by atoms with Crippen LogP contribution in [0, 0.1) is 0 Å². The van der Waals surface area contributed by atoms with Gasteiger partial charge in [0.05, 0.1) is 0 Å². The van der Waals surface area contributed by atoms with Crippen molar-refractivity contribution in [3.05, 3.63) is 77.5 Å². The molecule has 2 aromatic carbocycles. The topological polar surface area (TPSA) is 72.5 Å². The number of para-hydroxylation sites is 1. The van der Waals surface area contributed by atoms with E-state index in [-0.39, 0.29) is 12.7 Å². The van der Waals surface area contributed by atoms with Gasteiger partial charge >= 0.3 is 0 Å². The van der Waals surface area contributed by atoms with Crippen LogP contribution < -0.4 is 20.1 Å². The minimum atomic E-state index is -0.160. The van der Waals surface area contributed by atoms with Crippen molar-refractivity contribution in [3.8, 4) is 11.5 Å². The molecule has 0 saturated carbocycles. The van der Waals surface area contributed by atoms with Gasteiger partial charge in [-0.3, -0.25) is 4.79 Å². The molecule has 0 unspecified atom stereocenters. The number of aromatic nitrogens is 1. The third-order valence-corrected chi connectivity index (χ3v) is 4.57. The summed E-state index contributed by atoms with van der Waals surface area (Å²) in [5.41, 5.74) is 3.69. The van der Waals surface area contributed by atoms with Crippen molar-refractivity contribution in [3.63, 3.8) is 0 Å². The predicted molar refractivity (Wildman–Crippen MR) is 107 cm³/mol. The number of amides is 1. The Morgan fingerprint density at radius 3 is 2.82 bits per heavy atom. The number of nitrogens with zero attached hydrogens (tertiary/aromatic N) is 1. The van der Waals surface area contributed by atoms with E-state index in [1.54, 1.807) is 18.3 Å². The van der Waals surface area contributed by atoms with E-state index < -0.39 is 0 Å². The molecule has 1 aliphatic heterocycles. The Hall–Kier alpha value is -3.54. The van der Waals surface area contributed by atoms with Crippen LogP contribution in [0.5, 0.6) is 11.5 Å². The van der Waals surface area contributed by atoms with Crippen molar-refractivity contribution in [1.29, 1.82) is 0 Å². The van der Waals surface area contributed by atoms with Gasteiger partial charge in [-0.15, -0.1) is 0 Å². The zero-order valence-corrected chi connectivity index (χ0v) is 15.6. The van der Waals surface area contributed by atoms with E-state index in [0.29, 0.717) is 23.7 Å². The lowest BCUT2D eigenvalue weighted by atomic mass is 10.1. The number of anilines is 2. The van der Waals surface area contributed by atoms with Crippen LogP contribution in [0.15, 0.2) is 60.8 Å². The molecule has 2 heterocycles. The number of aryl methyl sites for hydroxylation is 1. The fourth-order valence-electron chi connectivity index (χ4n) is 3.06. The molecule has 0 spiro atoms. The lowest BCUT2D eigenvalue weighted by molar-refractivity contribution is 0.0950. The minimum Gasteiger partial charge on any atom is -0.454 e. The molecule has 2 N–H and O–H groups in total. The molecule has 28 heavy (non-hydrogen) atoms. The summed E-state index contributed by atoms with van der Waals surface area (Å²) in [4.78, 5) is 16.9. The average molecular weight is 375 g/mol. The molecule has 4 rings (SSSR count). The molecule has 1 aliphatic rings. The van der Waals surface area contributed by atoms with Gasteiger partial charge in [-0.2, -0.15) is 0 Å². The van der Waals surface area contributed by atoms with E-state index in [1.807, 2.05) is 36.4 Å². The number of hydrogen-bond acceptors (Lipinski definition) is 5. The van der Waals surface area contributed by atoms with Crippen LogP contribution >= 0.6 is 0 Å². The summed E-state index contributed by atoms with van der Waals surface area (Å²) in [5, 5.41) is 6.23. The highest BCUT2D eigenvalue weighted by molar-refractivity contribution is 5.94. The molecular weight excluding hydrogens is 354 g/mol. The number of nitrogens with one attached hydrogen (secondary N) is 2. The number of pyridine rings is 1. The third-order valence-electron chi connectivity index (χ3n) is 4.57. The Morgan fingerprint density at radius 2 is 1.93 bits per heavy atom. The Kier molecular flexibility index (Phi) is 5.10. The third kappa shape index (κ3) is 3.91. The van der Waals surface area contributed by atoms with Crippen LogP contribution in [0.4, 0.5) is 11.5 Å². The first-order valence-electron chi connectivity index (χ1n) is 9.20. The Balaban J connectivity index is 1.43. The number of carbonyl (C=O) groups is 1. The summed E-state index contributed by atoms with van der Waals surface area (Å²) in [5.74, 6) is 1.91. The standard InChI is InChI=1S/C22H21N3O3/c1-2-16-5-3-4-6-18(16)25-21-12-17(9-10-23-21)22(26)24-13-15-7-8-19-20(11-15)28-14-27-19/h3-12H,2,13-14H2,1H3,(H,23,25)(H,24,26). The summed E-state index contributed by atoms with van der Waals surface area (Å²) in [6.45, 7) is 2.74. The fourth-order valence-corrected chi connectivity index (χ4v) is 3.06. The highest BCUT2D eigenvalue weighted by Crippen LogP contribution is 2.32. The van der Waals surface area contributed by atoms with E-state index >= 15 is 0 Å². The van der Waals surface area contributed by atoms with E-state index in [2.05, 4.69) is 28.6 Å². The predicted octanol–water partition coefficient (Wildman–Crippen LogP) is 4.05. The van der Waals surface area contributed by atoms with Crippen molar-refractivity contribution < 1.29 is 14.3 Å². The number of fused-ring (bicyclic) bond motifs is 1. The van der Waals surface area contributed by atoms with Crippen molar-refractivity contribution in [2.75, 3.05) is 12.1 Å². The second-order valence-corrected chi connectivity index (χ2v) is 6.44. The van der Waals surface area contributed by atoms with Gasteiger partial charge in [0.25, 0.3) is 5.91 Å². The summed E-state index contributed by atoms with van der Waals surface area (Å²) in [7, 11) is 0. The number of ether oxygens (including phenoxy) is 2. The first kappa shape index (κ1) is 17.9. The summed E-state index contributed by atoms with van der Waals surface area (Å²) >= 11 is 0. The molecule has 6 heteroatoms. The van der Waals surface area contributed by atoms with E-state index in [9.17, 15) is 4.79 Å². The first-order chi connectivity index (χ1) is 13.7. The zero-order chi connectivity index (χ0) is 19.3. The van der Waals surface area contributed by atoms with Crippen LogP contribution in [0.25, 0.3) is 0 Å². The van der Waals surface area contributed by atoms with Gasteiger partial charge in [0, 0.05) is 24.0 Å². The largest absolute Gasteiger partial charge is 0.454 e. The summed E-state index contributed by atoms with van der Waals surface area (Å²) in [6, 6.07) is 17.2. The minimum absolute atomic E-state index is 0.160. The van der Waals surface area contributed by atoms with Crippen LogP contribution in [0.1, 0.15) is 28.4 Å². The molecule has 1 amide bonds. The molecular formula is C22H21N3O3. The van der Waals surface area contributed by atoms with Crippen LogP contribution in [-0.2, 0) is 13.0 Å². The summed E-state index contributed by atoms with van der Waals surface area (Å²) in [6.07, 6.45) is 2.55. The second kappa shape index (κ2) is 8.00. The van der Waals surface area contributed by atoms with E-state index in [0.717, 1.165) is 23.4 Å². The Labute approximate surface area is 163 Å². The quantitative estimate of drug-likeness (QED) is 0.680. The molecule has 0 bridgehead atoms. The molecule has 0 radical (unpaired) electrons. The first-order valence-corrected chi connectivity index (χ1v) is 9.20. The number of rotatable bonds is 6. The van der Waals surface area contributed by atoms with Crippen molar-refractivity contribution in [2.45, 2.75) is 19.9 Å². The zero-order valence-electron chi connectivity index (χ0n) is 15.6. The van der Waals surface area contributed by atoms with E-state index in [4.69, 9.17) is 9.47 Å². The van der Waals surface area contributed by atoms with Crippen LogP contribution in [0.3, 0.4) is 0 Å². The highest BCUT2D eigenvalue weighted by Gasteiger charge is 2.14. The van der Waals surface area contributed by atoms with Gasteiger partial charge in [-0.25, -0.2) is 4.98 Å². The maximum atomic E-state index is 12.6. The summed E-state index contributed by atoms with van der Waals surface area (Å²) < 4.78 is 10.7. The lowest BCUT2D eigenvalue weighted by Crippen LogP contribution is -2.22. The molecule has 0 atom stereocenters. The lowest BCUT2D eigenvalue weighted by Gasteiger charge is -2.11. The van der Waals surface area contributed by atoms with Crippen molar-refractivity contribution in [1.82, 2.24) is 10.3 Å².